The topological polar surface area (TPSA) is 50.8 Å². The summed E-state index contributed by atoms with van der Waals surface area (Å²) < 4.78 is 11.0. The number of likely N-dealkylation sites (N-methyl/N-ethyl adjacent to an activating group) is 1. The molecule has 2 rings (SSSR count). The van der Waals surface area contributed by atoms with Crippen molar-refractivity contribution in [2.24, 2.45) is 0 Å². The van der Waals surface area contributed by atoms with Gasteiger partial charge in [0.2, 0.25) is 0 Å². The molecule has 0 saturated heterocycles. The second-order valence-electron chi connectivity index (χ2n) is 5.55. The zero-order valence-corrected chi connectivity index (χ0v) is 15.1. The second kappa shape index (κ2) is 9.69. The van der Waals surface area contributed by atoms with Crippen molar-refractivity contribution in [2.75, 3.05) is 38.7 Å². The van der Waals surface area contributed by atoms with Crippen molar-refractivity contribution >= 4 is 11.6 Å². The summed E-state index contributed by atoms with van der Waals surface area (Å²) in [4.78, 5) is 14.7. The number of nitrogens with zero attached hydrogens (tertiary/aromatic N) is 1. The molecule has 0 unspecified atom stereocenters. The first-order valence-electron chi connectivity index (χ1n) is 8.57. The van der Waals surface area contributed by atoms with Crippen LogP contribution in [-0.4, -0.2) is 44.2 Å². The quantitative estimate of drug-likeness (QED) is 0.755. The maximum atomic E-state index is 12.4. The van der Waals surface area contributed by atoms with E-state index in [-0.39, 0.29) is 5.91 Å². The number of nitrogens with one attached hydrogen (secondary N) is 1. The van der Waals surface area contributed by atoms with E-state index in [1.165, 1.54) is 0 Å². The van der Waals surface area contributed by atoms with Gasteiger partial charge in [-0.2, -0.15) is 0 Å². The lowest BCUT2D eigenvalue weighted by atomic mass is 10.2. The van der Waals surface area contributed by atoms with Crippen LogP contribution in [0.1, 0.15) is 24.2 Å². The van der Waals surface area contributed by atoms with Crippen LogP contribution in [0, 0.1) is 0 Å². The molecule has 0 heterocycles. The van der Waals surface area contributed by atoms with Crippen LogP contribution in [-0.2, 0) is 0 Å². The Kier molecular flexibility index (Phi) is 7.29. The molecule has 1 amide bonds. The minimum atomic E-state index is -0.178. The molecule has 2 aromatic rings. The van der Waals surface area contributed by atoms with Crippen LogP contribution in [0.4, 0.5) is 5.69 Å². The van der Waals surface area contributed by atoms with Crippen molar-refractivity contribution in [1.82, 2.24) is 4.90 Å². The van der Waals surface area contributed by atoms with Gasteiger partial charge in [-0.15, -0.1) is 0 Å². The van der Waals surface area contributed by atoms with E-state index in [4.69, 9.17) is 9.47 Å². The van der Waals surface area contributed by atoms with Crippen LogP contribution in [0.5, 0.6) is 11.5 Å². The predicted octanol–water partition coefficient (Wildman–Crippen LogP) is 3.67. The summed E-state index contributed by atoms with van der Waals surface area (Å²) >= 11 is 0. The Balaban J connectivity index is 2.00. The van der Waals surface area contributed by atoms with Crippen LogP contribution < -0.4 is 14.8 Å². The smallest absolute Gasteiger partial charge is 0.255 e. The van der Waals surface area contributed by atoms with Crippen molar-refractivity contribution in [1.29, 1.82) is 0 Å². The van der Waals surface area contributed by atoms with Crippen LogP contribution in [0.15, 0.2) is 48.5 Å². The molecule has 0 aromatic heterocycles. The number of amides is 1. The number of rotatable bonds is 9. The molecule has 0 bridgehead atoms. The SMILES string of the molecule is CCN(CC)CCOc1ccccc1NC(=O)c1ccc(OC)cc1. The molecule has 0 aliphatic heterocycles. The zero-order valence-electron chi connectivity index (χ0n) is 15.1. The van der Waals surface area contributed by atoms with E-state index >= 15 is 0 Å². The van der Waals surface area contributed by atoms with Crippen molar-refractivity contribution in [3.8, 4) is 11.5 Å². The molecular weight excluding hydrogens is 316 g/mol. The molecule has 0 saturated carbocycles. The lowest BCUT2D eigenvalue weighted by molar-refractivity contribution is 0.102. The monoisotopic (exact) mass is 342 g/mol. The Labute approximate surface area is 149 Å². The van der Waals surface area contributed by atoms with E-state index in [0.717, 1.165) is 25.4 Å². The number of hydrogen-bond donors (Lipinski definition) is 1. The highest BCUT2D eigenvalue weighted by atomic mass is 16.5. The maximum absolute atomic E-state index is 12.4. The van der Waals surface area contributed by atoms with Gasteiger partial charge in [-0.25, -0.2) is 0 Å². The first-order valence-corrected chi connectivity index (χ1v) is 8.57. The van der Waals surface area contributed by atoms with Crippen LogP contribution in [0.2, 0.25) is 0 Å². The number of carbonyl (C=O) groups excluding carboxylic acids is 1. The average molecular weight is 342 g/mol. The van der Waals surface area contributed by atoms with Crippen molar-refractivity contribution < 1.29 is 14.3 Å². The molecule has 0 atom stereocenters. The lowest BCUT2D eigenvalue weighted by Crippen LogP contribution is -2.28. The van der Waals surface area contributed by atoms with E-state index in [1.54, 1.807) is 31.4 Å². The van der Waals surface area contributed by atoms with Crippen LogP contribution in [0.3, 0.4) is 0 Å². The summed E-state index contributed by atoms with van der Waals surface area (Å²) in [5.41, 5.74) is 1.24. The van der Waals surface area contributed by atoms with Gasteiger partial charge in [0.05, 0.1) is 12.8 Å². The van der Waals surface area contributed by atoms with Gasteiger partial charge in [-0.3, -0.25) is 4.79 Å². The number of hydrogen-bond acceptors (Lipinski definition) is 4. The van der Waals surface area contributed by atoms with E-state index in [1.807, 2.05) is 24.3 Å². The number of anilines is 1. The summed E-state index contributed by atoms with van der Waals surface area (Å²) in [6.45, 7) is 7.69. The molecule has 0 spiro atoms. The largest absolute Gasteiger partial charge is 0.497 e. The Morgan fingerprint density at radius 2 is 1.72 bits per heavy atom. The molecule has 0 aliphatic rings. The minimum absolute atomic E-state index is 0.178. The Bertz CT molecular complexity index is 667. The molecule has 0 radical (unpaired) electrons. The van der Waals surface area contributed by atoms with E-state index in [9.17, 15) is 4.79 Å². The third kappa shape index (κ3) is 5.50. The lowest BCUT2D eigenvalue weighted by Gasteiger charge is -2.19. The van der Waals surface area contributed by atoms with Gasteiger partial charge in [-0.05, 0) is 49.5 Å². The summed E-state index contributed by atoms with van der Waals surface area (Å²) in [5.74, 6) is 1.22. The number of methoxy groups -OCH3 is 1. The molecule has 2 aromatic carbocycles. The first-order chi connectivity index (χ1) is 12.2. The van der Waals surface area contributed by atoms with Gasteiger partial charge < -0.3 is 19.7 Å². The van der Waals surface area contributed by atoms with Gasteiger partial charge in [0.15, 0.2) is 0 Å². The van der Waals surface area contributed by atoms with Gasteiger partial charge in [-0.1, -0.05) is 26.0 Å². The molecular formula is C20H26N2O3. The fourth-order valence-corrected chi connectivity index (χ4v) is 2.46. The summed E-state index contributed by atoms with van der Waals surface area (Å²) in [5, 5.41) is 2.91. The predicted molar refractivity (Wildman–Crippen MR) is 101 cm³/mol. The Hall–Kier alpha value is -2.53. The Morgan fingerprint density at radius 3 is 2.36 bits per heavy atom. The number of ether oxygens (including phenoxy) is 2. The number of para-hydroxylation sites is 2. The van der Waals surface area contributed by atoms with Crippen molar-refractivity contribution in [3.63, 3.8) is 0 Å². The van der Waals surface area contributed by atoms with E-state index < -0.39 is 0 Å². The summed E-state index contributed by atoms with van der Waals surface area (Å²) in [6, 6.07) is 14.5. The Morgan fingerprint density at radius 1 is 1.04 bits per heavy atom. The molecule has 134 valence electrons. The molecule has 5 nitrogen and oxygen atoms in total. The van der Waals surface area contributed by atoms with E-state index in [0.29, 0.717) is 23.6 Å². The highest BCUT2D eigenvalue weighted by Crippen LogP contribution is 2.24. The highest BCUT2D eigenvalue weighted by molar-refractivity contribution is 6.05. The standard InChI is InChI=1S/C20H26N2O3/c1-4-22(5-2)14-15-25-19-9-7-6-8-18(19)21-20(23)16-10-12-17(24-3)13-11-16/h6-13H,4-5,14-15H2,1-3H3,(H,21,23). The van der Waals surface area contributed by atoms with E-state index in [2.05, 4.69) is 24.1 Å². The zero-order chi connectivity index (χ0) is 18.1. The van der Waals surface area contributed by atoms with Crippen LogP contribution in [0.25, 0.3) is 0 Å². The van der Waals surface area contributed by atoms with Gasteiger partial charge >= 0.3 is 0 Å². The fourth-order valence-electron chi connectivity index (χ4n) is 2.46. The summed E-state index contributed by atoms with van der Waals surface area (Å²) in [7, 11) is 1.60. The molecule has 0 aliphatic carbocycles. The highest BCUT2D eigenvalue weighted by Gasteiger charge is 2.10. The number of carbonyl (C=O) groups is 1. The van der Waals surface area contributed by atoms with Crippen molar-refractivity contribution in [3.05, 3.63) is 54.1 Å². The van der Waals surface area contributed by atoms with Gasteiger partial charge in [0, 0.05) is 12.1 Å². The molecule has 5 heteroatoms. The van der Waals surface area contributed by atoms with Gasteiger partial charge in [0.25, 0.3) is 5.91 Å². The minimum Gasteiger partial charge on any atom is -0.497 e. The molecule has 1 N–H and O–H groups in total. The molecule has 0 fully saturated rings. The van der Waals surface area contributed by atoms with Gasteiger partial charge in [0.1, 0.15) is 18.1 Å². The summed E-state index contributed by atoms with van der Waals surface area (Å²) in [6.07, 6.45) is 0. The fraction of sp³-hybridized carbons (Fsp3) is 0.350. The second-order valence-corrected chi connectivity index (χ2v) is 5.55. The number of benzene rings is 2. The maximum Gasteiger partial charge on any atom is 0.255 e. The van der Waals surface area contributed by atoms with Crippen molar-refractivity contribution in [2.45, 2.75) is 13.8 Å². The molecule has 25 heavy (non-hydrogen) atoms. The first kappa shape index (κ1) is 18.8. The third-order valence-electron chi connectivity index (χ3n) is 4.05. The van der Waals surface area contributed by atoms with Crippen LogP contribution >= 0.6 is 0 Å². The average Bonchev–Trinajstić information content (AvgIpc) is 2.66. The third-order valence-corrected chi connectivity index (χ3v) is 4.05. The normalized spacial score (nSPS) is 10.6.